The van der Waals surface area contributed by atoms with Gasteiger partial charge in [0.2, 0.25) is 0 Å². The molecule has 1 aliphatic heterocycles. The van der Waals surface area contributed by atoms with Crippen molar-refractivity contribution in [3.8, 4) is 5.75 Å². The molecule has 0 radical (unpaired) electrons. The van der Waals surface area contributed by atoms with Crippen molar-refractivity contribution in [2.45, 2.75) is 6.92 Å². The van der Waals surface area contributed by atoms with Gasteiger partial charge < -0.3 is 14.5 Å². The Morgan fingerprint density at radius 2 is 1.79 bits per heavy atom. The first-order valence-corrected chi connectivity index (χ1v) is 8.83. The Morgan fingerprint density at radius 1 is 1.08 bits per heavy atom. The third-order valence-electron chi connectivity index (χ3n) is 4.35. The molecule has 0 spiro atoms. The van der Waals surface area contributed by atoms with Crippen LogP contribution >= 0.6 is 15.9 Å². The summed E-state index contributed by atoms with van der Waals surface area (Å²) in [4.78, 5) is 16.9. The van der Waals surface area contributed by atoms with E-state index in [0.717, 1.165) is 34.6 Å². The molecule has 5 heteroatoms. The van der Waals surface area contributed by atoms with Crippen LogP contribution in [0.1, 0.15) is 15.9 Å². The Kier molecular flexibility index (Phi) is 5.09. The molecule has 24 heavy (non-hydrogen) atoms. The monoisotopic (exact) mass is 388 g/mol. The van der Waals surface area contributed by atoms with Crippen LogP contribution in [0.2, 0.25) is 0 Å². The van der Waals surface area contributed by atoms with Gasteiger partial charge >= 0.3 is 0 Å². The van der Waals surface area contributed by atoms with Crippen molar-refractivity contribution in [1.82, 2.24) is 4.90 Å². The SMILES string of the molecule is COc1ccc(C)cc1N1CCN(C(=O)c2ccccc2Br)CC1. The maximum absolute atomic E-state index is 12.7. The van der Waals surface area contributed by atoms with Gasteiger partial charge in [0, 0.05) is 30.7 Å². The van der Waals surface area contributed by atoms with Gasteiger partial charge in [-0.15, -0.1) is 0 Å². The summed E-state index contributed by atoms with van der Waals surface area (Å²) < 4.78 is 6.33. The number of hydrogen-bond donors (Lipinski definition) is 0. The number of benzene rings is 2. The number of nitrogens with zero attached hydrogens (tertiary/aromatic N) is 2. The van der Waals surface area contributed by atoms with E-state index in [1.54, 1.807) is 7.11 Å². The fraction of sp³-hybridized carbons (Fsp3) is 0.316. The van der Waals surface area contributed by atoms with Crippen molar-refractivity contribution in [2.75, 3.05) is 38.2 Å². The zero-order chi connectivity index (χ0) is 17.1. The number of rotatable bonds is 3. The second kappa shape index (κ2) is 7.26. The van der Waals surface area contributed by atoms with E-state index in [0.29, 0.717) is 13.1 Å². The summed E-state index contributed by atoms with van der Waals surface area (Å²) in [7, 11) is 1.70. The molecule has 0 bridgehead atoms. The van der Waals surface area contributed by atoms with Crippen molar-refractivity contribution in [3.63, 3.8) is 0 Å². The van der Waals surface area contributed by atoms with Crippen LogP contribution in [-0.2, 0) is 0 Å². The molecule has 1 fully saturated rings. The zero-order valence-corrected chi connectivity index (χ0v) is 15.5. The Hall–Kier alpha value is -2.01. The van der Waals surface area contributed by atoms with E-state index in [1.165, 1.54) is 5.56 Å². The third-order valence-corrected chi connectivity index (χ3v) is 5.04. The highest BCUT2D eigenvalue weighted by atomic mass is 79.9. The number of halogens is 1. The number of aryl methyl sites for hydroxylation is 1. The quantitative estimate of drug-likeness (QED) is 0.802. The molecule has 1 aliphatic rings. The molecule has 1 amide bonds. The Bertz CT molecular complexity index is 740. The highest BCUT2D eigenvalue weighted by Crippen LogP contribution is 2.30. The Balaban J connectivity index is 1.71. The number of anilines is 1. The molecule has 0 N–H and O–H groups in total. The first-order valence-electron chi connectivity index (χ1n) is 8.03. The van der Waals surface area contributed by atoms with Crippen LogP contribution in [0, 0.1) is 6.92 Å². The van der Waals surface area contributed by atoms with Crippen LogP contribution in [0.3, 0.4) is 0 Å². The maximum atomic E-state index is 12.7. The lowest BCUT2D eigenvalue weighted by Gasteiger charge is -2.37. The first kappa shape index (κ1) is 16.8. The topological polar surface area (TPSA) is 32.8 Å². The predicted octanol–water partition coefficient (Wildman–Crippen LogP) is 3.73. The van der Waals surface area contributed by atoms with E-state index in [9.17, 15) is 4.79 Å². The summed E-state index contributed by atoms with van der Waals surface area (Å²) in [6.07, 6.45) is 0. The molecule has 4 nitrogen and oxygen atoms in total. The Morgan fingerprint density at radius 3 is 2.46 bits per heavy atom. The number of methoxy groups -OCH3 is 1. The van der Waals surface area contributed by atoms with Gasteiger partial charge in [-0.25, -0.2) is 0 Å². The summed E-state index contributed by atoms with van der Waals surface area (Å²) in [5.41, 5.74) is 3.03. The average molecular weight is 389 g/mol. The van der Waals surface area contributed by atoms with Crippen molar-refractivity contribution in [2.24, 2.45) is 0 Å². The fourth-order valence-electron chi connectivity index (χ4n) is 3.00. The maximum Gasteiger partial charge on any atom is 0.255 e. The third kappa shape index (κ3) is 3.41. The van der Waals surface area contributed by atoms with Gasteiger partial charge in [-0.2, -0.15) is 0 Å². The van der Waals surface area contributed by atoms with Crippen molar-refractivity contribution in [1.29, 1.82) is 0 Å². The van der Waals surface area contributed by atoms with Gasteiger partial charge in [0.15, 0.2) is 0 Å². The molecule has 0 aliphatic carbocycles. The van der Waals surface area contributed by atoms with Gasteiger partial charge in [0.25, 0.3) is 5.91 Å². The van der Waals surface area contributed by atoms with E-state index >= 15 is 0 Å². The average Bonchev–Trinajstić information content (AvgIpc) is 2.62. The first-order chi connectivity index (χ1) is 11.6. The molecule has 1 heterocycles. The molecule has 0 saturated carbocycles. The minimum Gasteiger partial charge on any atom is -0.495 e. The van der Waals surface area contributed by atoms with Crippen LogP contribution in [0.15, 0.2) is 46.9 Å². The molecule has 0 unspecified atom stereocenters. The normalized spacial score (nSPS) is 14.6. The fourth-order valence-corrected chi connectivity index (χ4v) is 3.46. The van der Waals surface area contributed by atoms with Gasteiger partial charge in [0.1, 0.15) is 5.75 Å². The van der Waals surface area contributed by atoms with Crippen molar-refractivity contribution < 1.29 is 9.53 Å². The number of carbonyl (C=O) groups excluding carboxylic acids is 1. The number of piperazine rings is 1. The second-order valence-corrected chi connectivity index (χ2v) is 6.79. The number of carbonyl (C=O) groups is 1. The minimum absolute atomic E-state index is 0.0818. The van der Waals surface area contributed by atoms with Crippen LogP contribution in [0.4, 0.5) is 5.69 Å². The molecule has 0 aromatic heterocycles. The van der Waals surface area contributed by atoms with Crippen LogP contribution in [0.25, 0.3) is 0 Å². The lowest BCUT2D eigenvalue weighted by molar-refractivity contribution is 0.0746. The summed E-state index contributed by atoms with van der Waals surface area (Å²) in [6.45, 7) is 5.09. The molecule has 2 aromatic carbocycles. The Labute approximate surface area is 151 Å². The van der Waals surface area contributed by atoms with Crippen molar-refractivity contribution >= 4 is 27.5 Å². The smallest absolute Gasteiger partial charge is 0.255 e. The molecule has 0 atom stereocenters. The predicted molar refractivity (Wildman–Crippen MR) is 100.0 cm³/mol. The standard InChI is InChI=1S/C19H21BrN2O2/c1-14-7-8-18(24-2)17(13-14)21-9-11-22(12-10-21)19(23)15-5-3-4-6-16(15)20/h3-8,13H,9-12H2,1-2H3. The molecular weight excluding hydrogens is 368 g/mol. The van der Waals surface area contributed by atoms with Gasteiger partial charge in [-0.05, 0) is 52.7 Å². The van der Waals surface area contributed by atoms with E-state index in [1.807, 2.05) is 35.2 Å². The second-order valence-electron chi connectivity index (χ2n) is 5.93. The van der Waals surface area contributed by atoms with Gasteiger partial charge in [0.05, 0.1) is 18.4 Å². The zero-order valence-electron chi connectivity index (χ0n) is 14.0. The molecule has 126 valence electrons. The highest BCUT2D eigenvalue weighted by molar-refractivity contribution is 9.10. The van der Waals surface area contributed by atoms with E-state index < -0.39 is 0 Å². The van der Waals surface area contributed by atoms with Crippen LogP contribution in [0.5, 0.6) is 5.75 Å². The van der Waals surface area contributed by atoms with E-state index in [-0.39, 0.29) is 5.91 Å². The number of ether oxygens (including phenoxy) is 1. The lowest BCUT2D eigenvalue weighted by atomic mass is 10.1. The summed E-state index contributed by atoms with van der Waals surface area (Å²) in [5, 5.41) is 0. The molecule has 3 rings (SSSR count). The lowest BCUT2D eigenvalue weighted by Crippen LogP contribution is -2.49. The molecule has 2 aromatic rings. The summed E-state index contributed by atoms with van der Waals surface area (Å²) in [5.74, 6) is 0.963. The van der Waals surface area contributed by atoms with Gasteiger partial charge in [-0.3, -0.25) is 4.79 Å². The van der Waals surface area contributed by atoms with E-state index in [4.69, 9.17) is 4.74 Å². The van der Waals surface area contributed by atoms with Gasteiger partial charge in [-0.1, -0.05) is 18.2 Å². The number of hydrogen-bond acceptors (Lipinski definition) is 3. The largest absolute Gasteiger partial charge is 0.495 e. The minimum atomic E-state index is 0.0818. The molecular formula is C19H21BrN2O2. The summed E-state index contributed by atoms with van der Waals surface area (Å²) >= 11 is 3.46. The van der Waals surface area contributed by atoms with Crippen molar-refractivity contribution in [3.05, 3.63) is 58.1 Å². The van der Waals surface area contributed by atoms with E-state index in [2.05, 4.69) is 39.9 Å². The van der Waals surface area contributed by atoms with Crippen LogP contribution in [-0.4, -0.2) is 44.1 Å². The number of amides is 1. The molecule has 1 saturated heterocycles. The highest BCUT2D eigenvalue weighted by Gasteiger charge is 2.24. The van der Waals surface area contributed by atoms with Crippen LogP contribution < -0.4 is 9.64 Å². The summed E-state index contributed by atoms with van der Waals surface area (Å²) in [6, 6.07) is 13.8.